The maximum absolute atomic E-state index is 5.85. The number of ether oxygens (including phenoxy) is 1. The zero-order valence-corrected chi connectivity index (χ0v) is 13.9. The van der Waals surface area contributed by atoms with Crippen molar-refractivity contribution in [1.29, 1.82) is 0 Å². The molecule has 0 fully saturated rings. The van der Waals surface area contributed by atoms with Crippen molar-refractivity contribution < 1.29 is 4.74 Å². The zero-order chi connectivity index (χ0) is 14.5. The predicted octanol–water partition coefficient (Wildman–Crippen LogP) is 4.68. The summed E-state index contributed by atoms with van der Waals surface area (Å²) in [7, 11) is 0. The molecule has 0 saturated heterocycles. The van der Waals surface area contributed by atoms with E-state index < -0.39 is 0 Å². The fraction of sp³-hybridized carbons (Fsp3) is 0.500. The van der Waals surface area contributed by atoms with Crippen molar-refractivity contribution in [3.63, 3.8) is 0 Å². The van der Waals surface area contributed by atoms with Gasteiger partial charge in [0.25, 0.3) is 0 Å². The topological polar surface area (TPSA) is 21.3 Å². The molecule has 0 unspecified atom stereocenters. The number of halogens is 1. The number of hydrogen-bond donors (Lipinski definition) is 1. The second kappa shape index (κ2) is 7.11. The molecule has 106 valence electrons. The van der Waals surface area contributed by atoms with Crippen LogP contribution in [-0.4, -0.2) is 12.1 Å². The van der Waals surface area contributed by atoms with Gasteiger partial charge in [-0.15, -0.1) is 6.58 Å². The molecule has 0 aromatic heterocycles. The molecule has 0 aliphatic rings. The van der Waals surface area contributed by atoms with Gasteiger partial charge in [0.15, 0.2) is 0 Å². The van der Waals surface area contributed by atoms with Crippen LogP contribution in [0.2, 0.25) is 0 Å². The van der Waals surface area contributed by atoms with E-state index in [-0.39, 0.29) is 5.54 Å². The third-order valence-electron chi connectivity index (χ3n) is 2.62. The fourth-order valence-electron chi connectivity index (χ4n) is 1.52. The molecule has 0 heterocycles. The molecular weight excluding hydrogens is 302 g/mol. The van der Waals surface area contributed by atoms with Gasteiger partial charge in [-0.25, -0.2) is 0 Å². The number of benzene rings is 1. The highest BCUT2D eigenvalue weighted by atomic mass is 79.9. The first-order valence-electron chi connectivity index (χ1n) is 6.58. The van der Waals surface area contributed by atoms with Gasteiger partial charge in [0.1, 0.15) is 5.75 Å². The molecule has 3 heteroatoms. The van der Waals surface area contributed by atoms with Crippen molar-refractivity contribution in [2.24, 2.45) is 0 Å². The van der Waals surface area contributed by atoms with E-state index in [0.29, 0.717) is 6.61 Å². The summed E-state index contributed by atoms with van der Waals surface area (Å²) < 4.78 is 6.92. The summed E-state index contributed by atoms with van der Waals surface area (Å²) in [6.45, 7) is 13.9. The van der Waals surface area contributed by atoms with Crippen molar-refractivity contribution >= 4 is 15.9 Å². The Kier molecular flexibility index (Phi) is 6.08. The van der Waals surface area contributed by atoms with E-state index >= 15 is 0 Å². The number of rotatable bonds is 6. The molecule has 0 atom stereocenters. The van der Waals surface area contributed by atoms with Gasteiger partial charge in [0.05, 0.1) is 6.61 Å². The van der Waals surface area contributed by atoms with Gasteiger partial charge in [-0.3, -0.25) is 0 Å². The normalized spacial score (nSPS) is 11.4. The van der Waals surface area contributed by atoms with Crippen LogP contribution in [0.15, 0.2) is 34.8 Å². The molecule has 1 rings (SSSR count). The predicted molar refractivity (Wildman–Crippen MR) is 85.7 cm³/mol. The first-order chi connectivity index (χ1) is 8.78. The Labute approximate surface area is 125 Å². The molecular formula is C16H24BrNO. The van der Waals surface area contributed by atoms with E-state index in [2.05, 4.69) is 54.7 Å². The molecule has 0 aliphatic heterocycles. The van der Waals surface area contributed by atoms with E-state index in [0.717, 1.165) is 28.8 Å². The minimum Gasteiger partial charge on any atom is -0.493 e. The molecule has 0 spiro atoms. The summed E-state index contributed by atoms with van der Waals surface area (Å²) in [5, 5.41) is 3.49. The maximum atomic E-state index is 5.85. The Hall–Kier alpha value is -0.800. The third-order valence-corrected chi connectivity index (χ3v) is 3.11. The van der Waals surface area contributed by atoms with E-state index in [1.807, 2.05) is 19.1 Å². The van der Waals surface area contributed by atoms with Gasteiger partial charge >= 0.3 is 0 Å². The molecule has 0 bridgehead atoms. The highest BCUT2D eigenvalue weighted by molar-refractivity contribution is 9.10. The van der Waals surface area contributed by atoms with Gasteiger partial charge in [-0.2, -0.15) is 0 Å². The van der Waals surface area contributed by atoms with E-state index in [1.54, 1.807) is 0 Å². The van der Waals surface area contributed by atoms with Gasteiger partial charge in [0.2, 0.25) is 0 Å². The molecule has 0 saturated carbocycles. The third kappa shape index (κ3) is 6.79. The molecule has 0 radical (unpaired) electrons. The minimum absolute atomic E-state index is 0.0945. The lowest BCUT2D eigenvalue weighted by Gasteiger charge is -2.22. The van der Waals surface area contributed by atoms with Crippen LogP contribution in [0.25, 0.3) is 0 Å². The average Bonchev–Trinajstić information content (AvgIpc) is 2.27. The Morgan fingerprint density at radius 2 is 2.05 bits per heavy atom. The largest absolute Gasteiger partial charge is 0.493 e. The zero-order valence-electron chi connectivity index (χ0n) is 12.3. The van der Waals surface area contributed by atoms with Crippen LogP contribution >= 0.6 is 15.9 Å². The second-order valence-corrected chi connectivity index (χ2v) is 6.83. The summed E-state index contributed by atoms with van der Waals surface area (Å²) in [6, 6.07) is 6.13. The number of nitrogens with one attached hydrogen (secondary N) is 1. The SMILES string of the molecule is C=C(C)CCOc1ccc(Br)cc1CNC(C)(C)C. The van der Waals surface area contributed by atoms with E-state index in [9.17, 15) is 0 Å². The molecule has 1 aromatic rings. The van der Waals surface area contributed by atoms with Crippen LogP contribution in [-0.2, 0) is 6.54 Å². The molecule has 19 heavy (non-hydrogen) atoms. The molecule has 0 amide bonds. The molecule has 2 nitrogen and oxygen atoms in total. The molecule has 1 aromatic carbocycles. The standard InChI is InChI=1S/C16H24BrNO/c1-12(2)8-9-19-15-7-6-14(17)10-13(15)11-18-16(3,4)5/h6-7,10,18H,1,8-9,11H2,2-5H3. The highest BCUT2D eigenvalue weighted by Crippen LogP contribution is 2.24. The first-order valence-corrected chi connectivity index (χ1v) is 7.38. The van der Waals surface area contributed by atoms with Crippen molar-refractivity contribution in [1.82, 2.24) is 5.32 Å². The summed E-state index contributed by atoms with van der Waals surface area (Å²) >= 11 is 3.51. The minimum atomic E-state index is 0.0945. The van der Waals surface area contributed by atoms with Crippen LogP contribution in [0.5, 0.6) is 5.75 Å². The Morgan fingerprint density at radius 3 is 2.63 bits per heavy atom. The van der Waals surface area contributed by atoms with E-state index in [1.165, 1.54) is 5.56 Å². The monoisotopic (exact) mass is 325 g/mol. The van der Waals surface area contributed by atoms with Gasteiger partial charge < -0.3 is 10.1 Å². The quantitative estimate of drug-likeness (QED) is 0.766. The van der Waals surface area contributed by atoms with E-state index in [4.69, 9.17) is 4.74 Å². The highest BCUT2D eigenvalue weighted by Gasteiger charge is 2.11. The Balaban J connectivity index is 2.71. The van der Waals surface area contributed by atoms with Gasteiger partial charge in [0, 0.05) is 28.5 Å². The van der Waals surface area contributed by atoms with Crippen molar-refractivity contribution in [2.75, 3.05) is 6.61 Å². The average molecular weight is 326 g/mol. The summed E-state index contributed by atoms with van der Waals surface area (Å²) in [5.74, 6) is 0.946. The van der Waals surface area contributed by atoms with Crippen LogP contribution in [0.3, 0.4) is 0 Å². The first kappa shape index (κ1) is 16.3. The summed E-state index contributed by atoms with van der Waals surface area (Å²) in [4.78, 5) is 0. The lowest BCUT2D eigenvalue weighted by molar-refractivity contribution is 0.315. The van der Waals surface area contributed by atoms with Crippen LogP contribution in [0.4, 0.5) is 0 Å². The van der Waals surface area contributed by atoms with Crippen LogP contribution in [0.1, 0.15) is 39.7 Å². The number of hydrogen-bond acceptors (Lipinski definition) is 2. The smallest absolute Gasteiger partial charge is 0.123 e. The summed E-state index contributed by atoms with van der Waals surface area (Å²) in [6.07, 6.45) is 0.891. The maximum Gasteiger partial charge on any atom is 0.123 e. The summed E-state index contributed by atoms with van der Waals surface area (Å²) in [5.41, 5.74) is 2.41. The van der Waals surface area contributed by atoms with Crippen molar-refractivity contribution in [3.05, 3.63) is 40.4 Å². The lowest BCUT2D eigenvalue weighted by Crippen LogP contribution is -2.35. The van der Waals surface area contributed by atoms with Gasteiger partial charge in [-0.1, -0.05) is 21.5 Å². The Morgan fingerprint density at radius 1 is 1.37 bits per heavy atom. The fourth-order valence-corrected chi connectivity index (χ4v) is 1.93. The van der Waals surface area contributed by atoms with Crippen molar-refractivity contribution in [3.8, 4) is 5.75 Å². The molecule has 0 aliphatic carbocycles. The lowest BCUT2D eigenvalue weighted by atomic mass is 10.1. The molecule has 1 N–H and O–H groups in total. The van der Waals surface area contributed by atoms with Gasteiger partial charge in [-0.05, 0) is 45.9 Å². The second-order valence-electron chi connectivity index (χ2n) is 5.91. The van der Waals surface area contributed by atoms with Crippen LogP contribution in [0, 0.1) is 0 Å². The van der Waals surface area contributed by atoms with Crippen molar-refractivity contribution in [2.45, 2.75) is 46.2 Å². The Bertz CT molecular complexity index is 435. The van der Waals surface area contributed by atoms with Crippen LogP contribution < -0.4 is 10.1 Å².